The molecule has 1 amide bonds. The molecule has 37 heavy (non-hydrogen) atoms. The van der Waals surface area contributed by atoms with Crippen molar-refractivity contribution in [3.05, 3.63) is 87.7 Å². The van der Waals surface area contributed by atoms with E-state index >= 15 is 0 Å². The molecule has 1 N–H and O–H groups in total. The van der Waals surface area contributed by atoms with Gasteiger partial charge in [0, 0.05) is 38.2 Å². The summed E-state index contributed by atoms with van der Waals surface area (Å²) >= 11 is 12.6. The van der Waals surface area contributed by atoms with E-state index in [-0.39, 0.29) is 22.0 Å². The highest BCUT2D eigenvalue weighted by Crippen LogP contribution is 2.35. The summed E-state index contributed by atoms with van der Waals surface area (Å²) in [5.41, 5.74) is 4.86. The molecule has 1 fully saturated rings. The third kappa shape index (κ3) is 4.96. The van der Waals surface area contributed by atoms with Crippen LogP contribution in [0.2, 0.25) is 10.0 Å². The van der Waals surface area contributed by atoms with Crippen LogP contribution in [0.4, 0.5) is 0 Å². The number of imidazole rings is 1. The first-order valence-corrected chi connectivity index (χ1v) is 13.5. The maximum Gasteiger partial charge on any atom is 0.257 e. The van der Waals surface area contributed by atoms with Crippen molar-refractivity contribution in [2.24, 2.45) is 5.92 Å². The zero-order valence-electron chi connectivity index (χ0n) is 20.4. The van der Waals surface area contributed by atoms with Crippen LogP contribution >= 0.6 is 23.2 Å². The Hall–Kier alpha value is -3.00. The number of aryl methyl sites for hydroxylation is 1. The van der Waals surface area contributed by atoms with Crippen molar-refractivity contribution >= 4 is 40.1 Å². The van der Waals surface area contributed by atoms with Crippen LogP contribution in [0.25, 0.3) is 11.0 Å². The van der Waals surface area contributed by atoms with E-state index in [2.05, 4.69) is 27.0 Å². The summed E-state index contributed by atoms with van der Waals surface area (Å²) in [6, 6.07) is 12.6. The van der Waals surface area contributed by atoms with Crippen molar-refractivity contribution in [2.45, 2.75) is 38.3 Å². The van der Waals surface area contributed by atoms with Gasteiger partial charge in [-0.2, -0.15) is 0 Å². The van der Waals surface area contributed by atoms with Crippen molar-refractivity contribution in [2.75, 3.05) is 19.6 Å². The monoisotopic (exact) mass is 534 g/mol. The van der Waals surface area contributed by atoms with Gasteiger partial charge >= 0.3 is 0 Å². The van der Waals surface area contributed by atoms with E-state index in [9.17, 15) is 4.79 Å². The average molecular weight is 535 g/mol. The van der Waals surface area contributed by atoms with Crippen LogP contribution in [-0.2, 0) is 13.0 Å². The molecule has 9 heteroatoms. The van der Waals surface area contributed by atoms with Crippen LogP contribution in [-0.4, -0.2) is 55.3 Å². The topological polar surface area (TPSA) is 78.0 Å². The van der Waals surface area contributed by atoms with E-state index in [1.807, 2.05) is 35.4 Å². The number of nitrogens with one attached hydrogen (secondary N) is 1. The van der Waals surface area contributed by atoms with Gasteiger partial charge in [-0.25, -0.2) is 4.98 Å². The minimum atomic E-state index is -0.131. The molecule has 1 aliphatic carbocycles. The number of benzene rings is 1. The summed E-state index contributed by atoms with van der Waals surface area (Å²) in [6.45, 7) is 2.88. The normalized spacial score (nSPS) is 19.5. The lowest BCUT2D eigenvalue weighted by Gasteiger charge is -2.36. The Morgan fingerprint density at radius 3 is 2.78 bits per heavy atom. The minimum absolute atomic E-state index is 0.131. The number of halogens is 2. The van der Waals surface area contributed by atoms with Gasteiger partial charge in [-0.05, 0) is 55.4 Å². The van der Waals surface area contributed by atoms with Gasteiger partial charge in [-0.3, -0.25) is 19.7 Å². The number of hydrogen-bond acceptors (Lipinski definition) is 5. The van der Waals surface area contributed by atoms with Crippen molar-refractivity contribution in [1.82, 2.24) is 29.7 Å². The molecule has 2 atom stereocenters. The quantitative estimate of drug-likeness (QED) is 0.343. The molecular weight excluding hydrogens is 507 g/mol. The van der Waals surface area contributed by atoms with E-state index in [0.29, 0.717) is 31.1 Å². The zero-order valence-corrected chi connectivity index (χ0v) is 21.9. The number of carbonyl (C=O) groups is 1. The molecular formula is C28H28Cl2N6O. The van der Waals surface area contributed by atoms with Gasteiger partial charge in [0.1, 0.15) is 5.82 Å². The average Bonchev–Trinajstić information content (AvgIpc) is 3.54. The molecule has 3 aromatic heterocycles. The second-order valence-electron chi connectivity index (χ2n) is 9.97. The molecule has 0 spiro atoms. The lowest BCUT2D eigenvalue weighted by Crippen LogP contribution is -2.37. The van der Waals surface area contributed by atoms with Crippen LogP contribution in [0, 0.1) is 5.92 Å². The van der Waals surface area contributed by atoms with Gasteiger partial charge in [-0.1, -0.05) is 41.4 Å². The zero-order chi connectivity index (χ0) is 25.4. The highest BCUT2D eigenvalue weighted by Gasteiger charge is 2.34. The molecule has 1 aromatic carbocycles. The van der Waals surface area contributed by atoms with Crippen LogP contribution in [0.3, 0.4) is 0 Å². The summed E-state index contributed by atoms with van der Waals surface area (Å²) < 4.78 is 0. The second kappa shape index (κ2) is 10.4. The smallest absolute Gasteiger partial charge is 0.257 e. The highest BCUT2D eigenvalue weighted by atomic mass is 35.5. The van der Waals surface area contributed by atoms with Crippen molar-refractivity contribution in [1.29, 1.82) is 0 Å². The highest BCUT2D eigenvalue weighted by molar-refractivity contribution is 6.39. The summed E-state index contributed by atoms with van der Waals surface area (Å²) in [5, 5.41) is 0.578. The molecule has 190 valence electrons. The van der Waals surface area contributed by atoms with Crippen LogP contribution in [0.1, 0.15) is 52.7 Å². The first kappa shape index (κ1) is 24.3. The fourth-order valence-electron chi connectivity index (χ4n) is 5.79. The van der Waals surface area contributed by atoms with Crippen LogP contribution in [0.15, 0.2) is 55.0 Å². The number of aromatic amines is 1. The molecule has 2 unspecified atom stereocenters. The van der Waals surface area contributed by atoms with Gasteiger partial charge < -0.3 is 9.88 Å². The van der Waals surface area contributed by atoms with Gasteiger partial charge in [0.2, 0.25) is 0 Å². The maximum atomic E-state index is 13.3. The number of rotatable bonds is 6. The standard InChI is InChI=1S/C28H28Cl2N6O/c29-20-13-31-14-21(30)26(20)28(37)35-12-10-18(15-35)16-36(17-25-33-22-7-1-2-8-23(22)34-25)24-9-3-5-19-6-4-11-32-27(19)24/h1-2,4,6-8,11,13-14,18,24H,3,5,9-10,12,15-17H2,(H,33,34). The van der Waals surface area contributed by atoms with E-state index in [1.54, 1.807) is 0 Å². The predicted octanol–water partition coefficient (Wildman–Crippen LogP) is 5.70. The van der Waals surface area contributed by atoms with E-state index in [0.717, 1.165) is 49.1 Å². The Kier molecular flexibility index (Phi) is 6.84. The summed E-state index contributed by atoms with van der Waals surface area (Å²) in [6.07, 6.45) is 9.01. The fourth-order valence-corrected chi connectivity index (χ4v) is 6.31. The molecule has 1 saturated heterocycles. The maximum absolute atomic E-state index is 13.3. The predicted molar refractivity (Wildman–Crippen MR) is 145 cm³/mol. The number of nitrogens with zero attached hydrogens (tertiary/aromatic N) is 5. The largest absolute Gasteiger partial charge is 0.341 e. The number of carbonyl (C=O) groups excluding carboxylic acids is 1. The van der Waals surface area contributed by atoms with E-state index in [1.165, 1.54) is 23.7 Å². The molecule has 6 rings (SSSR count). The Morgan fingerprint density at radius 1 is 1.11 bits per heavy atom. The number of pyridine rings is 2. The lowest BCUT2D eigenvalue weighted by atomic mass is 9.90. The number of aromatic nitrogens is 4. The van der Waals surface area contributed by atoms with Crippen LogP contribution < -0.4 is 0 Å². The number of amides is 1. The second-order valence-corrected chi connectivity index (χ2v) is 10.8. The molecule has 4 aromatic rings. The third-order valence-corrected chi connectivity index (χ3v) is 8.10. The Balaban J connectivity index is 1.24. The summed E-state index contributed by atoms with van der Waals surface area (Å²) in [4.78, 5) is 34.8. The SMILES string of the molecule is O=C(c1c(Cl)cncc1Cl)N1CCC(CN(Cc2nc3ccccc3[nH]2)C2CCCc3cccnc32)C1. The van der Waals surface area contributed by atoms with Crippen molar-refractivity contribution in [3.8, 4) is 0 Å². The molecule has 0 saturated carbocycles. The molecule has 7 nitrogen and oxygen atoms in total. The number of para-hydroxylation sites is 2. The fraction of sp³-hybridized carbons (Fsp3) is 0.357. The Labute approximate surface area is 225 Å². The molecule has 0 radical (unpaired) electrons. The molecule has 0 bridgehead atoms. The molecule has 4 heterocycles. The third-order valence-electron chi connectivity index (χ3n) is 7.53. The number of H-pyrrole nitrogens is 1. The number of fused-ring (bicyclic) bond motifs is 2. The van der Waals surface area contributed by atoms with Crippen LogP contribution in [0.5, 0.6) is 0 Å². The molecule has 2 aliphatic rings. The van der Waals surface area contributed by atoms with Gasteiger partial charge in [-0.15, -0.1) is 0 Å². The first-order chi connectivity index (χ1) is 18.1. The van der Waals surface area contributed by atoms with E-state index < -0.39 is 0 Å². The van der Waals surface area contributed by atoms with E-state index in [4.69, 9.17) is 33.2 Å². The summed E-state index contributed by atoms with van der Waals surface area (Å²) in [7, 11) is 0. The lowest BCUT2D eigenvalue weighted by molar-refractivity contribution is 0.0777. The number of likely N-dealkylation sites (tertiary alicyclic amines) is 1. The summed E-state index contributed by atoms with van der Waals surface area (Å²) in [5.74, 6) is 1.14. The molecule has 1 aliphatic heterocycles. The minimum Gasteiger partial charge on any atom is -0.341 e. The Bertz CT molecular complexity index is 1390. The van der Waals surface area contributed by atoms with Gasteiger partial charge in [0.05, 0.1) is 44.9 Å². The van der Waals surface area contributed by atoms with Crippen molar-refractivity contribution in [3.63, 3.8) is 0 Å². The Morgan fingerprint density at radius 2 is 1.95 bits per heavy atom. The van der Waals surface area contributed by atoms with Gasteiger partial charge in [0.15, 0.2) is 0 Å². The first-order valence-electron chi connectivity index (χ1n) is 12.8. The number of hydrogen-bond donors (Lipinski definition) is 1. The van der Waals surface area contributed by atoms with Crippen molar-refractivity contribution < 1.29 is 4.79 Å². The van der Waals surface area contributed by atoms with Gasteiger partial charge in [0.25, 0.3) is 5.91 Å².